The van der Waals surface area contributed by atoms with E-state index in [2.05, 4.69) is 26.0 Å². The summed E-state index contributed by atoms with van der Waals surface area (Å²) < 4.78 is 1.45. The van der Waals surface area contributed by atoms with Crippen LogP contribution in [0, 0.1) is 6.92 Å². The summed E-state index contributed by atoms with van der Waals surface area (Å²) in [6.07, 6.45) is 2.84. The van der Waals surface area contributed by atoms with Gasteiger partial charge < -0.3 is 16.0 Å². The number of hydrogen-bond donors (Lipinski definition) is 3. The molecule has 3 rings (SSSR count). The molecule has 0 aliphatic heterocycles. The molecule has 0 spiro atoms. The van der Waals surface area contributed by atoms with Crippen LogP contribution in [0.15, 0.2) is 49.1 Å². The molecule has 0 aliphatic carbocycles. The number of nitrogens with zero attached hydrogens (tertiary/aromatic N) is 3. The van der Waals surface area contributed by atoms with E-state index in [1.165, 1.54) is 28.7 Å². The van der Waals surface area contributed by atoms with Crippen molar-refractivity contribution in [2.45, 2.75) is 19.9 Å². The van der Waals surface area contributed by atoms with E-state index in [0.29, 0.717) is 16.3 Å². The highest BCUT2D eigenvalue weighted by molar-refractivity contribution is 7.13. The number of carbonyl (C=O) groups is 3. The fourth-order valence-corrected chi connectivity index (χ4v) is 3.21. The third-order valence-corrected chi connectivity index (χ3v) is 5.02. The molecule has 0 bridgehead atoms. The molecular weight excluding hydrogens is 392 g/mol. The smallest absolute Gasteiger partial charge is 0.261 e. The van der Waals surface area contributed by atoms with Gasteiger partial charge in [-0.25, -0.2) is 9.67 Å². The molecule has 0 aliphatic rings. The molecule has 0 saturated carbocycles. The lowest BCUT2D eigenvalue weighted by atomic mass is 10.2. The summed E-state index contributed by atoms with van der Waals surface area (Å²) in [5, 5.41) is 12.0. The van der Waals surface area contributed by atoms with Crippen LogP contribution >= 0.6 is 11.3 Å². The van der Waals surface area contributed by atoms with Crippen molar-refractivity contribution in [2.75, 3.05) is 17.2 Å². The molecular formula is C19H20N6O3S. The summed E-state index contributed by atoms with van der Waals surface area (Å²) in [4.78, 5) is 41.7. The minimum atomic E-state index is -0.507. The van der Waals surface area contributed by atoms with Crippen LogP contribution in [0.3, 0.4) is 0 Å². The van der Waals surface area contributed by atoms with Gasteiger partial charge in [0.2, 0.25) is 11.8 Å². The Kier molecular flexibility index (Phi) is 6.35. The maximum absolute atomic E-state index is 12.2. The first kappa shape index (κ1) is 20.2. The summed E-state index contributed by atoms with van der Waals surface area (Å²) in [5.41, 5.74) is 1.14. The quantitative estimate of drug-likeness (QED) is 0.550. The molecule has 1 aromatic carbocycles. The predicted octanol–water partition coefficient (Wildman–Crippen LogP) is 2.22. The molecule has 1 unspecified atom stereocenters. The molecule has 150 valence electrons. The van der Waals surface area contributed by atoms with Gasteiger partial charge in [-0.05, 0) is 50.2 Å². The molecule has 0 saturated heterocycles. The van der Waals surface area contributed by atoms with Gasteiger partial charge in [-0.2, -0.15) is 5.10 Å². The normalized spacial score (nSPS) is 11.5. The summed E-state index contributed by atoms with van der Waals surface area (Å²) in [6, 6.07) is 9.75. The maximum atomic E-state index is 12.2. The van der Waals surface area contributed by atoms with Gasteiger partial charge in [0.05, 0.1) is 11.4 Å². The molecule has 10 heteroatoms. The third-order valence-electron chi connectivity index (χ3n) is 4.02. The Bertz CT molecular complexity index is 997. The number of thiophene rings is 1. The Morgan fingerprint density at radius 2 is 1.76 bits per heavy atom. The van der Waals surface area contributed by atoms with Crippen LogP contribution in [0.2, 0.25) is 0 Å². The van der Waals surface area contributed by atoms with Gasteiger partial charge in [0.1, 0.15) is 18.7 Å². The van der Waals surface area contributed by atoms with Gasteiger partial charge in [0, 0.05) is 16.3 Å². The number of hydrogen-bond acceptors (Lipinski definition) is 6. The van der Waals surface area contributed by atoms with E-state index in [4.69, 9.17) is 0 Å². The Hall–Kier alpha value is -3.53. The van der Waals surface area contributed by atoms with Crippen LogP contribution < -0.4 is 16.0 Å². The monoisotopic (exact) mass is 412 g/mol. The number of amides is 3. The summed E-state index contributed by atoms with van der Waals surface area (Å²) >= 11 is 1.37. The van der Waals surface area contributed by atoms with Crippen LogP contribution in [-0.2, 0) is 9.59 Å². The zero-order valence-electron chi connectivity index (χ0n) is 15.9. The van der Waals surface area contributed by atoms with Crippen molar-refractivity contribution >= 4 is 40.4 Å². The van der Waals surface area contributed by atoms with Gasteiger partial charge in [-0.1, -0.05) is 0 Å². The first-order chi connectivity index (χ1) is 13.9. The van der Waals surface area contributed by atoms with E-state index in [1.807, 2.05) is 13.0 Å². The van der Waals surface area contributed by atoms with Crippen molar-refractivity contribution in [1.82, 2.24) is 20.1 Å². The number of aromatic nitrogens is 3. The molecule has 1 atom stereocenters. The summed E-state index contributed by atoms with van der Waals surface area (Å²) in [5.74, 6) is -0.861. The highest BCUT2D eigenvalue weighted by Crippen LogP contribution is 2.16. The van der Waals surface area contributed by atoms with Crippen molar-refractivity contribution in [3.05, 3.63) is 58.8 Å². The van der Waals surface area contributed by atoms with Crippen molar-refractivity contribution in [3.8, 4) is 0 Å². The highest BCUT2D eigenvalue weighted by Gasteiger charge is 2.15. The molecule has 0 radical (unpaired) electrons. The number of rotatable bonds is 7. The molecule has 2 aromatic heterocycles. The minimum absolute atomic E-state index is 0.135. The van der Waals surface area contributed by atoms with E-state index in [1.54, 1.807) is 37.3 Å². The molecule has 3 N–H and O–H groups in total. The van der Waals surface area contributed by atoms with Crippen LogP contribution in [0.4, 0.5) is 11.4 Å². The number of carbonyl (C=O) groups excluding carboxylic acids is 3. The van der Waals surface area contributed by atoms with Gasteiger partial charge in [0.15, 0.2) is 0 Å². The molecule has 0 fully saturated rings. The first-order valence-corrected chi connectivity index (χ1v) is 9.63. The predicted molar refractivity (Wildman–Crippen MR) is 110 cm³/mol. The van der Waals surface area contributed by atoms with E-state index in [-0.39, 0.29) is 24.3 Å². The van der Waals surface area contributed by atoms with Gasteiger partial charge in [-0.3, -0.25) is 14.4 Å². The lowest BCUT2D eigenvalue weighted by molar-refractivity contribution is -0.119. The van der Waals surface area contributed by atoms with E-state index in [0.717, 1.165) is 4.88 Å². The Morgan fingerprint density at radius 1 is 1.07 bits per heavy atom. The van der Waals surface area contributed by atoms with E-state index in [9.17, 15) is 14.4 Å². The summed E-state index contributed by atoms with van der Waals surface area (Å²) in [7, 11) is 0. The van der Waals surface area contributed by atoms with Crippen molar-refractivity contribution in [3.63, 3.8) is 0 Å². The maximum Gasteiger partial charge on any atom is 0.261 e. The number of benzene rings is 1. The number of anilines is 2. The SMILES string of the molecule is Cc1ccc(C(=O)NCC(=O)Nc2ccc(NC(=O)C(C)n3cncn3)cc2)s1. The third kappa shape index (κ3) is 5.48. The second-order valence-corrected chi connectivity index (χ2v) is 7.55. The molecule has 29 heavy (non-hydrogen) atoms. The van der Waals surface area contributed by atoms with Gasteiger partial charge in [0.25, 0.3) is 5.91 Å². The lowest BCUT2D eigenvalue weighted by Gasteiger charge is -2.12. The number of nitrogens with one attached hydrogen (secondary N) is 3. The van der Waals surface area contributed by atoms with Crippen LogP contribution in [0.5, 0.6) is 0 Å². The van der Waals surface area contributed by atoms with E-state index >= 15 is 0 Å². The highest BCUT2D eigenvalue weighted by atomic mass is 32.1. The van der Waals surface area contributed by atoms with Crippen LogP contribution in [-0.4, -0.2) is 39.0 Å². The standard InChI is InChI=1S/C19H20N6O3S/c1-12-3-8-16(29-12)19(28)21-9-17(26)23-14-4-6-15(7-5-14)24-18(27)13(2)25-11-20-10-22-25/h3-8,10-11,13H,9H2,1-2H3,(H,21,28)(H,23,26)(H,24,27). The second-order valence-electron chi connectivity index (χ2n) is 6.26. The van der Waals surface area contributed by atoms with Gasteiger partial charge >= 0.3 is 0 Å². The Morgan fingerprint density at radius 3 is 2.34 bits per heavy atom. The largest absolute Gasteiger partial charge is 0.342 e. The zero-order valence-corrected chi connectivity index (χ0v) is 16.7. The van der Waals surface area contributed by atoms with Crippen molar-refractivity contribution < 1.29 is 14.4 Å². The molecule has 2 heterocycles. The zero-order chi connectivity index (χ0) is 20.8. The Balaban J connectivity index is 1.47. The van der Waals surface area contributed by atoms with Crippen LogP contribution in [0.25, 0.3) is 0 Å². The molecule has 3 aromatic rings. The molecule has 3 amide bonds. The summed E-state index contributed by atoms with van der Waals surface area (Å²) in [6.45, 7) is 3.49. The van der Waals surface area contributed by atoms with Crippen LogP contribution in [0.1, 0.15) is 27.5 Å². The average Bonchev–Trinajstić information content (AvgIpc) is 3.39. The average molecular weight is 412 g/mol. The fraction of sp³-hybridized carbons (Fsp3) is 0.211. The lowest BCUT2D eigenvalue weighted by Crippen LogP contribution is -2.32. The Labute approximate surface area is 171 Å². The van der Waals surface area contributed by atoms with E-state index < -0.39 is 6.04 Å². The van der Waals surface area contributed by atoms with Crippen molar-refractivity contribution in [1.29, 1.82) is 0 Å². The van der Waals surface area contributed by atoms with Gasteiger partial charge in [-0.15, -0.1) is 11.3 Å². The first-order valence-electron chi connectivity index (χ1n) is 8.82. The fourth-order valence-electron chi connectivity index (χ4n) is 2.43. The van der Waals surface area contributed by atoms with Crippen molar-refractivity contribution in [2.24, 2.45) is 0 Å². The topological polar surface area (TPSA) is 118 Å². The molecule has 9 nitrogen and oxygen atoms in total. The number of aryl methyl sites for hydroxylation is 1. The minimum Gasteiger partial charge on any atom is -0.342 e. The second kappa shape index (κ2) is 9.11.